The van der Waals surface area contributed by atoms with E-state index in [0.717, 1.165) is 0 Å². The van der Waals surface area contributed by atoms with Crippen molar-refractivity contribution >= 4 is 11.9 Å². The molecule has 4 nitrogen and oxygen atoms in total. The molecule has 14 heavy (non-hydrogen) atoms. The van der Waals surface area contributed by atoms with Crippen LogP contribution in [0, 0.1) is 0 Å². The molecule has 0 aromatic carbocycles. The van der Waals surface area contributed by atoms with Crippen LogP contribution in [-0.4, -0.2) is 23.6 Å². The van der Waals surface area contributed by atoms with Gasteiger partial charge in [0.05, 0.1) is 0 Å². The normalized spacial score (nSPS) is 13.2. The molecule has 0 fully saturated rings. The fraction of sp³-hybridized carbons (Fsp3) is 0.800. The molecule has 0 aliphatic heterocycles. The highest BCUT2D eigenvalue weighted by Crippen LogP contribution is 2.18. The molecule has 0 amide bonds. The molecule has 0 radical (unpaired) electrons. The van der Waals surface area contributed by atoms with Gasteiger partial charge in [0.2, 0.25) is 0 Å². The van der Waals surface area contributed by atoms with Gasteiger partial charge in [0, 0.05) is 20.3 Å². The molecular formula is C10H18O4. The summed E-state index contributed by atoms with van der Waals surface area (Å²) in [6, 6.07) is 0. The van der Waals surface area contributed by atoms with E-state index in [4.69, 9.17) is 9.47 Å². The summed E-state index contributed by atoms with van der Waals surface area (Å²) in [6.45, 7) is 8.06. The Balaban J connectivity index is 4.07. The fourth-order valence-corrected chi connectivity index (χ4v) is 1.45. The second-order valence-electron chi connectivity index (χ2n) is 3.98. The van der Waals surface area contributed by atoms with Gasteiger partial charge in [-0.3, -0.25) is 9.59 Å². The maximum atomic E-state index is 10.7. The zero-order valence-electron chi connectivity index (χ0n) is 9.42. The minimum atomic E-state index is -0.597. The van der Waals surface area contributed by atoms with Gasteiger partial charge in [0.1, 0.15) is 11.7 Å². The fourth-order valence-electron chi connectivity index (χ4n) is 1.45. The lowest BCUT2D eigenvalue weighted by Gasteiger charge is -2.27. The van der Waals surface area contributed by atoms with E-state index in [1.54, 1.807) is 20.8 Å². The summed E-state index contributed by atoms with van der Waals surface area (Å²) in [5.74, 6) is -0.652. The third kappa shape index (κ3) is 6.46. The van der Waals surface area contributed by atoms with Crippen molar-refractivity contribution in [1.82, 2.24) is 0 Å². The molecule has 0 aliphatic rings. The van der Waals surface area contributed by atoms with Crippen LogP contribution in [0.1, 0.15) is 41.0 Å². The second-order valence-corrected chi connectivity index (χ2v) is 3.98. The Morgan fingerprint density at radius 1 is 1.21 bits per heavy atom. The second kappa shape index (κ2) is 4.98. The highest BCUT2D eigenvalue weighted by atomic mass is 16.6. The quantitative estimate of drug-likeness (QED) is 0.651. The van der Waals surface area contributed by atoms with Crippen molar-refractivity contribution in [2.24, 2.45) is 0 Å². The van der Waals surface area contributed by atoms with Crippen molar-refractivity contribution in [2.45, 2.75) is 52.7 Å². The third-order valence-corrected chi connectivity index (χ3v) is 1.57. The van der Waals surface area contributed by atoms with Gasteiger partial charge in [-0.25, -0.2) is 0 Å². The molecular weight excluding hydrogens is 184 g/mol. The van der Waals surface area contributed by atoms with Gasteiger partial charge in [-0.1, -0.05) is 0 Å². The van der Waals surface area contributed by atoms with Crippen molar-refractivity contribution in [3.8, 4) is 0 Å². The summed E-state index contributed by atoms with van der Waals surface area (Å²) in [7, 11) is 0. The first kappa shape index (κ1) is 12.9. The molecule has 82 valence electrons. The monoisotopic (exact) mass is 202 g/mol. The van der Waals surface area contributed by atoms with Crippen LogP contribution in [-0.2, 0) is 19.1 Å². The Kier molecular flexibility index (Phi) is 4.60. The largest absolute Gasteiger partial charge is 0.463 e. The maximum Gasteiger partial charge on any atom is 0.303 e. The Labute approximate surface area is 84.6 Å². The summed E-state index contributed by atoms with van der Waals surface area (Å²) in [5, 5.41) is 0. The maximum absolute atomic E-state index is 10.7. The van der Waals surface area contributed by atoms with Crippen LogP contribution in [0.3, 0.4) is 0 Å². The van der Waals surface area contributed by atoms with Crippen LogP contribution in [0.5, 0.6) is 0 Å². The number of esters is 2. The molecule has 0 N–H and O–H groups in total. The number of carbonyl (C=O) groups excluding carboxylic acids is 2. The van der Waals surface area contributed by atoms with Gasteiger partial charge >= 0.3 is 11.9 Å². The van der Waals surface area contributed by atoms with Crippen molar-refractivity contribution in [3.63, 3.8) is 0 Å². The molecule has 0 unspecified atom stereocenters. The van der Waals surface area contributed by atoms with Crippen LogP contribution >= 0.6 is 0 Å². The number of hydrogen-bond donors (Lipinski definition) is 0. The van der Waals surface area contributed by atoms with Gasteiger partial charge in [0.25, 0.3) is 0 Å². The van der Waals surface area contributed by atoms with E-state index in [1.807, 2.05) is 0 Å². The van der Waals surface area contributed by atoms with E-state index in [2.05, 4.69) is 0 Å². The van der Waals surface area contributed by atoms with Crippen molar-refractivity contribution in [2.75, 3.05) is 0 Å². The van der Waals surface area contributed by atoms with E-state index in [-0.39, 0.29) is 18.0 Å². The van der Waals surface area contributed by atoms with Crippen molar-refractivity contribution < 1.29 is 19.1 Å². The molecule has 0 aromatic heterocycles. The molecule has 0 heterocycles. The topological polar surface area (TPSA) is 52.6 Å². The molecule has 1 atom stereocenters. The first-order valence-electron chi connectivity index (χ1n) is 4.60. The summed E-state index contributed by atoms with van der Waals surface area (Å²) in [6.07, 6.45) is 0.244. The number of hydrogen-bond acceptors (Lipinski definition) is 4. The van der Waals surface area contributed by atoms with Gasteiger partial charge in [-0.2, -0.15) is 0 Å². The predicted molar refractivity (Wildman–Crippen MR) is 51.7 cm³/mol. The standard InChI is InChI=1S/C10H18O4/c1-7(13-8(2)11)6-10(4,5)14-9(3)12/h7H,6H2,1-5H3/t7-/m0/s1. The molecule has 0 saturated heterocycles. The van der Waals surface area contributed by atoms with E-state index < -0.39 is 5.60 Å². The van der Waals surface area contributed by atoms with Crippen LogP contribution < -0.4 is 0 Å². The molecule has 4 heteroatoms. The Morgan fingerprint density at radius 2 is 1.71 bits per heavy atom. The zero-order valence-corrected chi connectivity index (χ0v) is 9.42. The van der Waals surface area contributed by atoms with E-state index in [0.29, 0.717) is 6.42 Å². The first-order chi connectivity index (χ1) is 6.23. The zero-order chi connectivity index (χ0) is 11.4. The average Bonchev–Trinajstić information content (AvgIpc) is 1.77. The minimum Gasteiger partial charge on any atom is -0.463 e. The van der Waals surface area contributed by atoms with Crippen molar-refractivity contribution in [1.29, 1.82) is 0 Å². The molecule has 0 aliphatic carbocycles. The minimum absolute atomic E-state index is 0.248. The molecule has 0 spiro atoms. The average molecular weight is 202 g/mol. The number of carbonyl (C=O) groups is 2. The first-order valence-corrected chi connectivity index (χ1v) is 4.60. The lowest BCUT2D eigenvalue weighted by Crippen LogP contribution is -2.32. The number of ether oxygens (including phenoxy) is 2. The number of rotatable bonds is 4. The Morgan fingerprint density at radius 3 is 2.07 bits per heavy atom. The SMILES string of the molecule is CC(=O)O[C@@H](C)CC(C)(C)OC(C)=O. The summed E-state index contributed by atoms with van der Waals surface area (Å²) in [5.41, 5.74) is -0.597. The van der Waals surface area contributed by atoms with Gasteiger partial charge in [-0.15, -0.1) is 0 Å². The molecule has 0 aromatic rings. The van der Waals surface area contributed by atoms with Gasteiger partial charge in [0.15, 0.2) is 0 Å². The Hall–Kier alpha value is -1.06. The smallest absolute Gasteiger partial charge is 0.303 e. The molecule has 0 saturated carbocycles. The summed E-state index contributed by atoms with van der Waals surface area (Å²) >= 11 is 0. The lowest BCUT2D eigenvalue weighted by molar-refractivity contribution is -0.159. The summed E-state index contributed by atoms with van der Waals surface area (Å²) in [4.78, 5) is 21.4. The van der Waals surface area contributed by atoms with E-state index in [1.165, 1.54) is 13.8 Å². The third-order valence-electron chi connectivity index (χ3n) is 1.57. The van der Waals surface area contributed by atoms with Crippen LogP contribution in [0.4, 0.5) is 0 Å². The molecule has 0 rings (SSSR count). The predicted octanol–water partition coefficient (Wildman–Crippen LogP) is 1.67. The van der Waals surface area contributed by atoms with Crippen LogP contribution in [0.15, 0.2) is 0 Å². The lowest BCUT2D eigenvalue weighted by atomic mass is 10.0. The van der Waals surface area contributed by atoms with E-state index in [9.17, 15) is 9.59 Å². The van der Waals surface area contributed by atoms with Crippen LogP contribution in [0.25, 0.3) is 0 Å². The van der Waals surface area contributed by atoms with Crippen LogP contribution in [0.2, 0.25) is 0 Å². The highest BCUT2D eigenvalue weighted by molar-refractivity contribution is 5.66. The van der Waals surface area contributed by atoms with Gasteiger partial charge in [-0.05, 0) is 20.8 Å². The Bertz CT molecular complexity index is 220. The highest BCUT2D eigenvalue weighted by Gasteiger charge is 2.25. The van der Waals surface area contributed by atoms with Crippen molar-refractivity contribution in [3.05, 3.63) is 0 Å². The summed E-state index contributed by atoms with van der Waals surface area (Å²) < 4.78 is 10.00. The van der Waals surface area contributed by atoms with Gasteiger partial charge < -0.3 is 9.47 Å². The molecule has 0 bridgehead atoms. The van der Waals surface area contributed by atoms with E-state index >= 15 is 0 Å².